The smallest absolute Gasteiger partial charge is 0.215 e. The summed E-state index contributed by atoms with van der Waals surface area (Å²) in [7, 11) is 0. The molecule has 0 bridgehead atoms. The average molecular weight is 1060 g/mol. The molecule has 0 spiro atoms. The summed E-state index contributed by atoms with van der Waals surface area (Å²) in [6.45, 7) is 2.42. The van der Waals surface area contributed by atoms with Crippen molar-refractivity contribution < 1.29 is 18.9 Å². The monoisotopic (exact) mass is 1060 g/mol. The first-order chi connectivity index (χ1) is 36.3. The lowest BCUT2D eigenvalue weighted by Gasteiger charge is -2.33. The van der Waals surface area contributed by atoms with Gasteiger partial charge < -0.3 is 24.7 Å². The first-order valence-electron chi connectivity index (χ1n) is 22.7. The summed E-state index contributed by atoms with van der Waals surface area (Å²) < 4.78 is 26.5. The number of aromatic nitrogens is 12. The zero-order chi connectivity index (χ0) is 50.3. The van der Waals surface area contributed by atoms with Crippen molar-refractivity contribution >= 4 is 56.9 Å². The quantitative estimate of drug-likeness (QED) is 0.0296. The first kappa shape index (κ1) is 47.6. The van der Waals surface area contributed by atoms with Gasteiger partial charge in [-0.2, -0.15) is 5.12 Å². The highest BCUT2D eigenvalue weighted by atomic mass is 32.1. The van der Waals surface area contributed by atoms with E-state index in [1.807, 2.05) is 150 Å². The van der Waals surface area contributed by atoms with Crippen LogP contribution in [0.4, 0.5) is 5.69 Å². The molecular formula is C50H42N16O4S4. The fraction of sp³-hybridized carbons (Fsp3) is 0.120. The van der Waals surface area contributed by atoms with Crippen LogP contribution in [0.2, 0.25) is 0 Å². The predicted molar refractivity (Wildman–Crippen MR) is 285 cm³/mol. The van der Waals surface area contributed by atoms with Gasteiger partial charge in [0.2, 0.25) is 17.5 Å². The van der Waals surface area contributed by atoms with E-state index in [0.29, 0.717) is 69.1 Å². The highest BCUT2D eigenvalue weighted by molar-refractivity contribution is 7.14. The number of amidine groups is 1. The summed E-state index contributed by atoms with van der Waals surface area (Å²) in [5.74, 6) is 10.6. The largest absolute Gasteiger partial charge is 0.493 e. The number of ether oxygens (including phenoxy) is 4. The van der Waals surface area contributed by atoms with Gasteiger partial charge in [0.05, 0.1) is 42.3 Å². The van der Waals surface area contributed by atoms with Crippen molar-refractivity contribution in [2.45, 2.75) is 6.92 Å². The van der Waals surface area contributed by atoms with Crippen molar-refractivity contribution in [2.24, 2.45) is 22.1 Å². The number of benzene rings is 4. The number of aryl methyl sites for hydroxylation is 1. The molecule has 370 valence electrons. The number of nitrogens with two attached hydrogens (primary N) is 2. The third-order valence-corrected chi connectivity index (χ3v) is 14.8. The molecule has 7 heterocycles. The van der Waals surface area contributed by atoms with E-state index in [1.54, 1.807) is 46.1 Å². The maximum absolute atomic E-state index is 6.64. The van der Waals surface area contributed by atoms with Crippen molar-refractivity contribution in [1.29, 1.82) is 0 Å². The molecule has 0 saturated carbocycles. The number of rotatable bonds is 21. The van der Waals surface area contributed by atoms with Crippen molar-refractivity contribution in [3.63, 3.8) is 0 Å². The molecule has 20 nitrogen and oxygen atoms in total. The van der Waals surface area contributed by atoms with Crippen LogP contribution in [0.25, 0.3) is 49.2 Å². The summed E-state index contributed by atoms with van der Waals surface area (Å²) in [6.07, 6.45) is 0. The molecule has 4 aromatic carbocycles. The minimum atomic E-state index is -0.957. The van der Waals surface area contributed by atoms with Crippen molar-refractivity contribution in [1.82, 2.24) is 60.6 Å². The van der Waals surface area contributed by atoms with Gasteiger partial charge in [-0.1, -0.05) is 18.2 Å². The van der Waals surface area contributed by atoms with Gasteiger partial charge in [0.1, 0.15) is 54.8 Å². The maximum atomic E-state index is 6.64. The van der Waals surface area contributed by atoms with E-state index in [4.69, 9.17) is 30.5 Å². The molecule has 74 heavy (non-hydrogen) atoms. The molecule has 11 aromatic rings. The minimum Gasteiger partial charge on any atom is -0.493 e. The summed E-state index contributed by atoms with van der Waals surface area (Å²) in [6, 6.07) is 43.2. The molecule has 0 saturated heterocycles. The second kappa shape index (κ2) is 21.6. The summed E-state index contributed by atoms with van der Waals surface area (Å²) in [5.41, 5.74) is 9.14. The van der Waals surface area contributed by atoms with Gasteiger partial charge in [-0.25, -0.2) is 5.84 Å². The van der Waals surface area contributed by atoms with Crippen LogP contribution in [0.1, 0.15) is 10.4 Å². The normalized spacial score (nSPS) is 11.7. The predicted octanol–water partition coefficient (Wildman–Crippen LogP) is 8.77. The summed E-state index contributed by atoms with van der Waals surface area (Å²) in [4.78, 5) is 8.06. The Bertz CT molecular complexity index is 3440. The van der Waals surface area contributed by atoms with Crippen molar-refractivity contribution in [3.8, 4) is 72.2 Å². The fourth-order valence-electron chi connectivity index (χ4n) is 7.19. The van der Waals surface area contributed by atoms with E-state index >= 15 is 0 Å². The van der Waals surface area contributed by atoms with Gasteiger partial charge in [0.15, 0.2) is 5.84 Å². The highest BCUT2D eigenvalue weighted by Crippen LogP contribution is 2.30. The zero-order valence-electron chi connectivity index (χ0n) is 39.1. The molecule has 0 radical (unpaired) electrons. The van der Waals surface area contributed by atoms with E-state index in [9.17, 15) is 0 Å². The number of hydrogen-bond donors (Lipinski definition) is 2. The third-order valence-electron chi connectivity index (χ3n) is 11.1. The molecule has 7 aromatic heterocycles. The van der Waals surface area contributed by atoms with Gasteiger partial charge >= 0.3 is 0 Å². The standard InChI is InChI=1S/C50H42N16O4S4/c1-33-27-45(74-28-33)49-55-62-66(59-49)37-14-22-41(23-15-37)70-32-50(29-67-38-16-8-34(9-17-38)63(52)56-46(51)42-5-2-24-71-42,30-68-39-18-10-35(11-19-39)64-57-47(53-60-64)43-6-3-25-72-43)31-69-40-20-12-36(13-21-40)65-58-48(54-61-65)44-7-4-26-73-44/h2-28H,29-32,52H2,1H3,(H2,51,56). The Morgan fingerprint density at radius 1 is 0.527 bits per heavy atom. The average Bonchev–Trinajstić information content (AvgIpc) is 4.29. The fourth-order valence-corrected chi connectivity index (χ4v) is 9.93. The maximum Gasteiger partial charge on any atom is 0.215 e. The van der Waals surface area contributed by atoms with Crippen LogP contribution in [0.15, 0.2) is 166 Å². The third kappa shape index (κ3) is 11.2. The molecule has 24 heteroatoms. The Labute approximate surface area is 438 Å². The van der Waals surface area contributed by atoms with Crippen molar-refractivity contribution in [3.05, 3.63) is 171 Å². The Morgan fingerprint density at radius 2 is 0.932 bits per heavy atom. The highest BCUT2D eigenvalue weighted by Gasteiger charge is 2.36. The lowest BCUT2D eigenvalue weighted by atomic mass is 9.92. The number of thiophene rings is 4. The first-order valence-corrected chi connectivity index (χ1v) is 26.2. The van der Waals surface area contributed by atoms with Crippen LogP contribution in [0.5, 0.6) is 23.0 Å². The van der Waals surface area contributed by atoms with Crippen LogP contribution < -0.4 is 35.6 Å². The number of hydrazone groups is 1. The summed E-state index contributed by atoms with van der Waals surface area (Å²) in [5, 5.41) is 52.9. The Balaban J connectivity index is 0.860. The number of anilines is 1. The number of hydrogen-bond acceptors (Lipinski definition) is 20. The van der Waals surface area contributed by atoms with Crippen molar-refractivity contribution in [2.75, 3.05) is 31.5 Å². The van der Waals surface area contributed by atoms with Crippen LogP contribution >= 0.6 is 45.3 Å². The Hall–Kier alpha value is -8.68. The Kier molecular flexibility index (Phi) is 13.9. The number of hydrazine groups is 1. The second-order valence-corrected chi connectivity index (χ2v) is 20.3. The van der Waals surface area contributed by atoms with Gasteiger partial charge in [-0.3, -0.25) is 0 Å². The van der Waals surface area contributed by atoms with Crippen LogP contribution in [0.3, 0.4) is 0 Å². The molecule has 0 aliphatic carbocycles. The topological polar surface area (TPSA) is 235 Å². The van der Waals surface area contributed by atoms with Crippen LogP contribution in [0, 0.1) is 12.3 Å². The van der Waals surface area contributed by atoms with E-state index < -0.39 is 5.41 Å². The van der Waals surface area contributed by atoms with Gasteiger partial charge in [-0.05, 0) is 171 Å². The molecule has 0 aliphatic rings. The van der Waals surface area contributed by atoms with E-state index in [-0.39, 0.29) is 26.4 Å². The van der Waals surface area contributed by atoms with Crippen LogP contribution in [-0.2, 0) is 0 Å². The SMILES string of the molecule is Cc1csc(-c2nnn(-c3ccc(OCC(COc4ccc(N(N)/N=C(\N)c5cccs5)cc4)(COc4ccc(-n5nnc(-c6cccs6)n5)cc4)COc4ccc(-n5nnc(-c6cccs6)n5)cc4)cc3)n2)c1. The lowest BCUT2D eigenvalue weighted by molar-refractivity contribution is -0.00351. The molecule has 0 atom stereocenters. The molecule has 0 fully saturated rings. The molecule has 0 unspecified atom stereocenters. The van der Waals surface area contributed by atoms with E-state index in [1.165, 1.54) is 30.8 Å². The molecular weight excluding hydrogens is 1020 g/mol. The molecule has 4 N–H and O–H groups in total. The number of tetrazole rings is 3. The van der Waals surface area contributed by atoms with E-state index in [2.05, 4.69) is 56.7 Å². The Morgan fingerprint density at radius 3 is 1.31 bits per heavy atom. The molecule has 0 amide bonds. The molecule has 0 aliphatic heterocycles. The number of nitrogens with zero attached hydrogens (tertiary/aromatic N) is 14. The van der Waals surface area contributed by atoms with Crippen LogP contribution in [-0.4, -0.2) is 92.9 Å². The minimum absolute atomic E-state index is 0.0903. The zero-order valence-corrected chi connectivity index (χ0v) is 42.4. The van der Waals surface area contributed by atoms with Gasteiger partial charge in [-0.15, -0.1) is 95.4 Å². The second-order valence-electron chi connectivity index (χ2n) is 16.6. The molecule has 11 rings (SSSR count). The lowest BCUT2D eigenvalue weighted by Crippen LogP contribution is -2.45. The van der Waals surface area contributed by atoms with Gasteiger partial charge in [0.25, 0.3) is 0 Å². The van der Waals surface area contributed by atoms with E-state index in [0.717, 1.165) is 25.1 Å². The van der Waals surface area contributed by atoms with Gasteiger partial charge in [0, 0.05) is 0 Å². The summed E-state index contributed by atoms with van der Waals surface area (Å²) >= 11 is 6.14.